The Morgan fingerprint density at radius 3 is 3.00 bits per heavy atom. The molecule has 5 nitrogen and oxygen atoms in total. The third kappa shape index (κ3) is 3.27. The number of nitrogens with zero attached hydrogens (tertiary/aromatic N) is 2. The van der Waals surface area contributed by atoms with Crippen LogP contribution in [0, 0.1) is 6.92 Å². The lowest BCUT2D eigenvalue weighted by molar-refractivity contribution is 0.466. The standard InChI is InChI=1S/C15H21N3O2S/c1-12-17-14-6-2-3-7-15(14)18(12)9-8-16-13-5-4-10-21(19,20)11-13/h2-3,6-7,13,16H,4-5,8-11H2,1H3. The van der Waals surface area contributed by atoms with Gasteiger partial charge in [-0.15, -0.1) is 0 Å². The Labute approximate surface area is 125 Å². The molecule has 1 aromatic carbocycles. The van der Waals surface area contributed by atoms with Crippen LogP contribution >= 0.6 is 0 Å². The Hall–Kier alpha value is -1.40. The van der Waals surface area contributed by atoms with Crippen LogP contribution in [-0.2, 0) is 16.4 Å². The van der Waals surface area contributed by atoms with Crippen LogP contribution in [0.15, 0.2) is 24.3 Å². The van der Waals surface area contributed by atoms with E-state index in [4.69, 9.17) is 0 Å². The molecule has 2 heterocycles. The van der Waals surface area contributed by atoms with Crippen molar-refractivity contribution >= 4 is 20.9 Å². The molecule has 114 valence electrons. The Kier molecular flexibility index (Phi) is 3.99. The molecule has 1 fully saturated rings. The van der Waals surface area contributed by atoms with Gasteiger partial charge in [0.05, 0.1) is 22.5 Å². The van der Waals surface area contributed by atoms with E-state index in [0.717, 1.165) is 42.8 Å². The Balaban J connectivity index is 1.63. The summed E-state index contributed by atoms with van der Waals surface area (Å²) in [4.78, 5) is 4.54. The summed E-state index contributed by atoms with van der Waals surface area (Å²) in [6.45, 7) is 3.58. The number of aromatic nitrogens is 2. The molecule has 0 bridgehead atoms. The number of imidazole rings is 1. The predicted octanol–water partition coefficient (Wildman–Crippen LogP) is 1.51. The molecule has 21 heavy (non-hydrogen) atoms. The molecular formula is C15H21N3O2S. The average molecular weight is 307 g/mol. The van der Waals surface area contributed by atoms with Crippen LogP contribution in [-0.4, -0.2) is 42.1 Å². The Morgan fingerprint density at radius 2 is 2.19 bits per heavy atom. The van der Waals surface area contributed by atoms with Crippen molar-refractivity contribution in [1.82, 2.24) is 14.9 Å². The number of hydrogen-bond acceptors (Lipinski definition) is 4. The van der Waals surface area contributed by atoms with Gasteiger partial charge < -0.3 is 9.88 Å². The fourth-order valence-corrected chi connectivity index (χ4v) is 4.71. The van der Waals surface area contributed by atoms with Gasteiger partial charge in [0.25, 0.3) is 0 Å². The van der Waals surface area contributed by atoms with Crippen LogP contribution in [0.4, 0.5) is 0 Å². The van der Waals surface area contributed by atoms with E-state index >= 15 is 0 Å². The third-order valence-corrected chi connectivity index (χ3v) is 5.90. The smallest absolute Gasteiger partial charge is 0.151 e. The first-order valence-electron chi connectivity index (χ1n) is 7.41. The van der Waals surface area contributed by atoms with Crippen molar-refractivity contribution in [2.24, 2.45) is 0 Å². The monoisotopic (exact) mass is 307 g/mol. The van der Waals surface area contributed by atoms with E-state index in [-0.39, 0.29) is 11.8 Å². The molecule has 1 aliphatic rings. The van der Waals surface area contributed by atoms with Gasteiger partial charge in [0.15, 0.2) is 9.84 Å². The summed E-state index contributed by atoms with van der Waals surface area (Å²) in [6.07, 6.45) is 1.72. The predicted molar refractivity (Wildman–Crippen MR) is 84.1 cm³/mol. The number of hydrogen-bond donors (Lipinski definition) is 1. The summed E-state index contributed by atoms with van der Waals surface area (Å²) >= 11 is 0. The number of nitrogens with one attached hydrogen (secondary N) is 1. The van der Waals surface area contributed by atoms with Gasteiger partial charge in [-0.3, -0.25) is 0 Å². The fraction of sp³-hybridized carbons (Fsp3) is 0.533. The molecule has 1 atom stereocenters. The molecule has 6 heteroatoms. The van der Waals surface area contributed by atoms with Gasteiger partial charge in [-0.1, -0.05) is 12.1 Å². The zero-order valence-corrected chi connectivity index (χ0v) is 13.1. The van der Waals surface area contributed by atoms with Crippen LogP contribution in [0.3, 0.4) is 0 Å². The van der Waals surface area contributed by atoms with Crippen molar-refractivity contribution in [3.63, 3.8) is 0 Å². The molecule has 3 rings (SSSR count). The minimum absolute atomic E-state index is 0.0961. The molecule has 0 spiro atoms. The number of benzene rings is 1. The highest BCUT2D eigenvalue weighted by Crippen LogP contribution is 2.15. The molecule has 0 saturated carbocycles. The summed E-state index contributed by atoms with van der Waals surface area (Å²) in [7, 11) is -2.84. The first kappa shape index (κ1) is 14.5. The average Bonchev–Trinajstić information content (AvgIpc) is 2.74. The maximum absolute atomic E-state index is 11.6. The molecule has 0 radical (unpaired) electrons. The lowest BCUT2D eigenvalue weighted by atomic mass is 10.2. The maximum Gasteiger partial charge on any atom is 0.151 e. The molecule has 1 aromatic heterocycles. The molecule has 1 unspecified atom stereocenters. The summed E-state index contributed by atoms with van der Waals surface area (Å²) in [6, 6.07) is 8.19. The summed E-state index contributed by atoms with van der Waals surface area (Å²) in [5.74, 6) is 1.61. The van der Waals surface area contributed by atoms with E-state index in [1.807, 2.05) is 25.1 Å². The first-order chi connectivity index (χ1) is 10.1. The van der Waals surface area contributed by atoms with Gasteiger partial charge in [-0.05, 0) is 31.9 Å². The molecule has 1 N–H and O–H groups in total. The highest BCUT2D eigenvalue weighted by atomic mass is 32.2. The van der Waals surface area contributed by atoms with Crippen LogP contribution < -0.4 is 5.32 Å². The first-order valence-corrected chi connectivity index (χ1v) is 9.23. The molecule has 1 aliphatic heterocycles. The largest absolute Gasteiger partial charge is 0.327 e. The quantitative estimate of drug-likeness (QED) is 0.930. The minimum Gasteiger partial charge on any atom is -0.327 e. The van der Waals surface area contributed by atoms with Crippen molar-refractivity contribution in [2.45, 2.75) is 32.4 Å². The third-order valence-electron chi connectivity index (χ3n) is 4.08. The molecule has 0 aliphatic carbocycles. The van der Waals surface area contributed by atoms with Gasteiger partial charge in [-0.2, -0.15) is 0 Å². The van der Waals surface area contributed by atoms with Crippen molar-refractivity contribution in [2.75, 3.05) is 18.1 Å². The van der Waals surface area contributed by atoms with Gasteiger partial charge in [-0.25, -0.2) is 13.4 Å². The van der Waals surface area contributed by atoms with E-state index in [2.05, 4.69) is 20.9 Å². The lowest BCUT2D eigenvalue weighted by Crippen LogP contribution is -2.41. The van der Waals surface area contributed by atoms with Crippen molar-refractivity contribution < 1.29 is 8.42 Å². The summed E-state index contributed by atoms with van der Waals surface area (Å²) in [5, 5.41) is 3.38. The second-order valence-corrected chi connectivity index (χ2v) is 7.94. The van der Waals surface area contributed by atoms with Gasteiger partial charge in [0.2, 0.25) is 0 Å². The number of rotatable bonds is 4. The van der Waals surface area contributed by atoms with Crippen LogP contribution in [0.2, 0.25) is 0 Å². The van der Waals surface area contributed by atoms with Gasteiger partial charge in [0, 0.05) is 19.1 Å². The fourth-order valence-electron chi connectivity index (χ4n) is 3.04. The van der Waals surface area contributed by atoms with Crippen molar-refractivity contribution in [1.29, 1.82) is 0 Å². The molecular weight excluding hydrogens is 286 g/mol. The highest BCUT2D eigenvalue weighted by molar-refractivity contribution is 7.91. The van der Waals surface area contributed by atoms with E-state index in [0.29, 0.717) is 5.75 Å². The maximum atomic E-state index is 11.6. The minimum atomic E-state index is -2.84. The molecule has 2 aromatic rings. The van der Waals surface area contributed by atoms with Crippen LogP contribution in [0.25, 0.3) is 11.0 Å². The number of para-hydroxylation sites is 2. The summed E-state index contributed by atoms with van der Waals surface area (Å²) in [5.41, 5.74) is 2.14. The van der Waals surface area contributed by atoms with Gasteiger partial charge in [0.1, 0.15) is 5.82 Å². The van der Waals surface area contributed by atoms with E-state index < -0.39 is 9.84 Å². The molecule has 0 amide bonds. The SMILES string of the molecule is Cc1nc2ccccc2n1CCNC1CCCS(=O)(=O)C1. The van der Waals surface area contributed by atoms with Gasteiger partial charge >= 0.3 is 0 Å². The second-order valence-electron chi connectivity index (χ2n) is 5.71. The van der Waals surface area contributed by atoms with Crippen molar-refractivity contribution in [3.8, 4) is 0 Å². The molecule has 1 saturated heterocycles. The van der Waals surface area contributed by atoms with E-state index in [1.54, 1.807) is 0 Å². The topological polar surface area (TPSA) is 64.0 Å². The highest BCUT2D eigenvalue weighted by Gasteiger charge is 2.24. The van der Waals surface area contributed by atoms with E-state index in [9.17, 15) is 8.42 Å². The van der Waals surface area contributed by atoms with Crippen LogP contribution in [0.1, 0.15) is 18.7 Å². The second kappa shape index (κ2) is 5.77. The normalized spacial score (nSPS) is 21.7. The number of fused-ring (bicyclic) bond motifs is 1. The van der Waals surface area contributed by atoms with E-state index in [1.165, 1.54) is 0 Å². The Morgan fingerprint density at radius 1 is 1.38 bits per heavy atom. The summed E-state index contributed by atoms with van der Waals surface area (Å²) < 4.78 is 25.4. The Bertz CT molecular complexity index is 736. The van der Waals surface area contributed by atoms with Crippen LogP contribution in [0.5, 0.6) is 0 Å². The zero-order valence-electron chi connectivity index (χ0n) is 12.2. The zero-order chi connectivity index (χ0) is 14.9. The number of sulfone groups is 1. The number of aryl methyl sites for hydroxylation is 1. The lowest BCUT2D eigenvalue weighted by Gasteiger charge is -2.23. The van der Waals surface area contributed by atoms with Crippen molar-refractivity contribution in [3.05, 3.63) is 30.1 Å².